The summed E-state index contributed by atoms with van der Waals surface area (Å²) in [5, 5.41) is 0. The molecule has 0 aromatic rings. The highest BCUT2D eigenvalue weighted by Gasteiger charge is 2.37. The van der Waals surface area contributed by atoms with Crippen LogP contribution in [-0.2, 0) is 4.79 Å². The number of nitrogens with zero attached hydrogens (tertiary/aromatic N) is 2. The van der Waals surface area contributed by atoms with Crippen LogP contribution in [0, 0.1) is 5.41 Å². The summed E-state index contributed by atoms with van der Waals surface area (Å²) < 4.78 is 0. The Kier molecular flexibility index (Phi) is 2.77. The van der Waals surface area contributed by atoms with Crippen LogP contribution in [0.2, 0.25) is 0 Å². The van der Waals surface area contributed by atoms with Crippen LogP contribution in [0.25, 0.3) is 0 Å². The summed E-state index contributed by atoms with van der Waals surface area (Å²) in [5.74, 6) is 0. The van der Waals surface area contributed by atoms with Crippen molar-refractivity contribution < 1.29 is 4.79 Å². The van der Waals surface area contributed by atoms with Gasteiger partial charge in [0.25, 0.3) is 0 Å². The zero-order chi connectivity index (χ0) is 10.0. The van der Waals surface area contributed by atoms with Gasteiger partial charge in [-0.3, -0.25) is 4.79 Å². The standard InChI is InChI=1S/C11H20N2O/c1-12-6-2-4-11(8-12)5-3-7-13(9-11)10-14/h10H,2-9H2,1H3. The van der Waals surface area contributed by atoms with Crippen LogP contribution in [0.1, 0.15) is 25.7 Å². The molecule has 2 heterocycles. The SMILES string of the molecule is CN1CCCC2(CCCN(C=O)C2)C1. The molecule has 3 heteroatoms. The molecule has 0 aromatic carbocycles. The molecule has 0 saturated carbocycles. The van der Waals surface area contributed by atoms with E-state index in [-0.39, 0.29) is 0 Å². The van der Waals surface area contributed by atoms with Crippen molar-refractivity contribution in [2.45, 2.75) is 25.7 Å². The minimum Gasteiger partial charge on any atom is -0.345 e. The Labute approximate surface area is 86.1 Å². The Morgan fingerprint density at radius 1 is 1.14 bits per heavy atom. The van der Waals surface area contributed by atoms with E-state index in [0.29, 0.717) is 5.41 Å². The molecule has 0 bridgehead atoms. The highest BCUT2D eigenvalue weighted by molar-refractivity contribution is 5.47. The van der Waals surface area contributed by atoms with Gasteiger partial charge < -0.3 is 9.80 Å². The maximum atomic E-state index is 10.8. The second kappa shape index (κ2) is 3.89. The summed E-state index contributed by atoms with van der Waals surface area (Å²) >= 11 is 0. The quantitative estimate of drug-likeness (QED) is 0.583. The van der Waals surface area contributed by atoms with E-state index < -0.39 is 0 Å². The maximum Gasteiger partial charge on any atom is 0.209 e. The lowest BCUT2D eigenvalue weighted by Gasteiger charge is -2.46. The molecule has 0 N–H and O–H groups in total. The van der Waals surface area contributed by atoms with Crippen molar-refractivity contribution in [3.05, 3.63) is 0 Å². The lowest BCUT2D eigenvalue weighted by Crippen LogP contribution is -2.51. The van der Waals surface area contributed by atoms with Gasteiger partial charge in [0.05, 0.1) is 0 Å². The van der Waals surface area contributed by atoms with Crippen LogP contribution in [0.3, 0.4) is 0 Å². The van der Waals surface area contributed by atoms with Gasteiger partial charge in [-0.25, -0.2) is 0 Å². The molecule has 2 aliphatic heterocycles. The molecule has 1 amide bonds. The molecule has 0 aliphatic carbocycles. The topological polar surface area (TPSA) is 23.6 Å². The molecule has 0 radical (unpaired) electrons. The smallest absolute Gasteiger partial charge is 0.209 e. The maximum absolute atomic E-state index is 10.8. The van der Waals surface area contributed by atoms with Crippen LogP contribution in [-0.4, -0.2) is 49.4 Å². The van der Waals surface area contributed by atoms with E-state index in [1.807, 2.05) is 4.90 Å². The number of amides is 1. The van der Waals surface area contributed by atoms with Crippen LogP contribution >= 0.6 is 0 Å². The van der Waals surface area contributed by atoms with Crippen LogP contribution < -0.4 is 0 Å². The third-order valence-electron chi connectivity index (χ3n) is 3.69. The number of carbonyl (C=O) groups excluding carboxylic acids is 1. The Morgan fingerprint density at radius 2 is 1.86 bits per heavy atom. The van der Waals surface area contributed by atoms with Gasteiger partial charge >= 0.3 is 0 Å². The van der Waals surface area contributed by atoms with Gasteiger partial charge in [0, 0.05) is 25.0 Å². The predicted molar refractivity (Wildman–Crippen MR) is 56.0 cm³/mol. The first-order chi connectivity index (χ1) is 6.74. The van der Waals surface area contributed by atoms with Gasteiger partial charge in [-0.05, 0) is 39.3 Å². The summed E-state index contributed by atoms with van der Waals surface area (Å²) in [6.45, 7) is 4.36. The van der Waals surface area contributed by atoms with E-state index in [9.17, 15) is 4.79 Å². The van der Waals surface area contributed by atoms with Gasteiger partial charge in [0.2, 0.25) is 6.41 Å². The first-order valence-electron chi connectivity index (χ1n) is 5.62. The summed E-state index contributed by atoms with van der Waals surface area (Å²) in [5.41, 5.74) is 0.423. The van der Waals surface area contributed by atoms with Crippen molar-refractivity contribution in [3.8, 4) is 0 Å². The first-order valence-corrected chi connectivity index (χ1v) is 5.62. The molecule has 0 aromatic heterocycles. The molecule has 1 spiro atoms. The van der Waals surface area contributed by atoms with Crippen LogP contribution in [0.4, 0.5) is 0 Å². The summed E-state index contributed by atoms with van der Waals surface area (Å²) in [6.07, 6.45) is 6.12. The van der Waals surface area contributed by atoms with E-state index >= 15 is 0 Å². The Hall–Kier alpha value is -0.570. The van der Waals surface area contributed by atoms with E-state index in [0.717, 1.165) is 19.5 Å². The fraction of sp³-hybridized carbons (Fsp3) is 0.909. The van der Waals surface area contributed by atoms with Crippen molar-refractivity contribution in [2.24, 2.45) is 5.41 Å². The van der Waals surface area contributed by atoms with Crippen LogP contribution in [0.5, 0.6) is 0 Å². The Bertz CT molecular complexity index is 215. The average Bonchev–Trinajstić information content (AvgIpc) is 2.17. The Morgan fingerprint density at radius 3 is 2.50 bits per heavy atom. The number of hydrogen-bond acceptors (Lipinski definition) is 2. The number of carbonyl (C=O) groups is 1. The van der Waals surface area contributed by atoms with Gasteiger partial charge in [0.1, 0.15) is 0 Å². The van der Waals surface area contributed by atoms with E-state index in [1.54, 1.807) is 0 Å². The molecule has 1 unspecified atom stereocenters. The summed E-state index contributed by atoms with van der Waals surface area (Å²) in [7, 11) is 2.20. The molecule has 14 heavy (non-hydrogen) atoms. The third-order valence-corrected chi connectivity index (χ3v) is 3.69. The molecule has 2 saturated heterocycles. The molecular formula is C11H20N2O. The van der Waals surface area contributed by atoms with Gasteiger partial charge in [-0.1, -0.05) is 0 Å². The van der Waals surface area contributed by atoms with Gasteiger partial charge in [-0.2, -0.15) is 0 Å². The van der Waals surface area contributed by atoms with Crippen molar-refractivity contribution in [2.75, 3.05) is 33.2 Å². The largest absolute Gasteiger partial charge is 0.345 e. The number of rotatable bonds is 1. The number of likely N-dealkylation sites (tertiary alicyclic amines) is 2. The Balaban J connectivity index is 2.02. The third kappa shape index (κ3) is 1.92. The molecular weight excluding hydrogens is 176 g/mol. The molecule has 3 nitrogen and oxygen atoms in total. The van der Waals surface area contributed by atoms with Gasteiger partial charge in [-0.15, -0.1) is 0 Å². The van der Waals surface area contributed by atoms with Crippen LogP contribution in [0.15, 0.2) is 0 Å². The minimum atomic E-state index is 0.423. The zero-order valence-corrected chi connectivity index (χ0v) is 9.04. The fourth-order valence-electron chi connectivity index (χ4n) is 3.12. The van der Waals surface area contributed by atoms with E-state index in [1.165, 1.54) is 38.8 Å². The number of hydrogen-bond donors (Lipinski definition) is 0. The lowest BCUT2D eigenvalue weighted by atomic mass is 9.74. The zero-order valence-electron chi connectivity index (χ0n) is 9.04. The first kappa shape index (κ1) is 9.97. The van der Waals surface area contributed by atoms with Crippen molar-refractivity contribution in [3.63, 3.8) is 0 Å². The van der Waals surface area contributed by atoms with Crippen molar-refractivity contribution in [1.29, 1.82) is 0 Å². The summed E-state index contributed by atoms with van der Waals surface area (Å²) in [6, 6.07) is 0. The number of piperidine rings is 2. The highest BCUT2D eigenvalue weighted by atomic mass is 16.1. The lowest BCUT2D eigenvalue weighted by molar-refractivity contribution is -0.122. The second-order valence-electron chi connectivity index (χ2n) is 5.02. The fourth-order valence-corrected chi connectivity index (χ4v) is 3.12. The van der Waals surface area contributed by atoms with E-state index in [4.69, 9.17) is 0 Å². The minimum absolute atomic E-state index is 0.423. The van der Waals surface area contributed by atoms with Gasteiger partial charge in [0.15, 0.2) is 0 Å². The molecule has 2 aliphatic rings. The molecule has 1 atom stereocenters. The van der Waals surface area contributed by atoms with Crippen molar-refractivity contribution in [1.82, 2.24) is 9.80 Å². The molecule has 2 fully saturated rings. The molecule has 80 valence electrons. The molecule has 2 rings (SSSR count). The average molecular weight is 196 g/mol. The normalized spacial score (nSPS) is 34.8. The highest BCUT2D eigenvalue weighted by Crippen LogP contribution is 2.37. The summed E-state index contributed by atoms with van der Waals surface area (Å²) in [4.78, 5) is 15.2. The van der Waals surface area contributed by atoms with E-state index in [2.05, 4.69) is 11.9 Å². The van der Waals surface area contributed by atoms with Crippen molar-refractivity contribution >= 4 is 6.41 Å². The predicted octanol–water partition coefficient (Wildman–Crippen LogP) is 0.951. The monoisotopic (exact) mass is 196 g/mol. The second-order valence-corrected chi connectivity index (χ2v) is 5.02.